The summed E-state index contributed by atoms with van der Waals surface area (Å²) in [4.78, 5) is 10.7. The topological polar surface area (TPSA) is 77.9 Å². The van der Waals surface area contributed by atoms with Crippen LogP contribution in [0.3, 0.4) is 0 Å². The number of piperidine rings is 1. The number of carboxylic acids is 1. The third-order valence-corrected chi connectivity index (χ3v) is 6.86. The summed E-state index contributed by atoms with van der Waals surface area (Å²) in [6, 6.07) is 0.125. The fourth-order valence-corrected chi connectivity index (χ4v) is 5.03. The standard InChI is InChI=1S/C14H26N2O4S/c1-15(13-5-3-2-4-6-13)21(19,20)16-9-7-12(8-10-16)11-14(17)18/h12-13H,2-11H2,1H3,(H,17,18). The summed E-state index contributed by atoms with van der Waals surface area (Å²) in [5, 5.41) is 8.81. The molecule has 2 aliphatic rings. The first-order valence-electron chi connectivity index (χ1n) is 7.86. The zero-order valence-electron chi connectivity index (χ0n) is 12.7. The zero-order valence-corrected chi connectivity index (χ0v) is 13.5. The zero-order chi connectivity index (χ0) is 15.5. The van der Waals surface area contributed by atoms with Crippen LogP contribution < -0.4 is 0 Å². The molecule has 1 aliphatic carbocycles. The number of aliphatic carboxylic acids is 1. The van der Waals surface area contributed by atoms with Crippen molar-refractivity contribution in [3.05, 3.63) is 0 Å². The predicted octanol–water partition coefficient (Wildman–Crippen LogP) is 1.68. The van der Waals surface area contributed by atoms with Crippen molar-refractivity contribution in [3.8, 4) is 0 Å². The maximum atomic E-state index is 12.6. The van der Waals surface area contributed by atoms with E-state index in [1.54, 1.807) is 11.4 Å². The molecule has 0 aromatic rings. The third kappa shape index (κ3) is 4.17. The SMILES string of the molecule is CN(C1CCCCC1)S(=O)(=O)N1CCC(CC(=O)O)CC1. The molecule has 0 aromatic carbocycles. The van der Waals surface area contributed by atoms with Gasteiger partial charge in [0.1, 0.15) is 0 Å². The van der Waals surface area contributed by atoms with E-state index in [1.807, 2.05) is 0 Å². The van der Waals surface area contributed by atoms with Gasteiger partial charge in [-0.3, -0.25) is 4.79 Å². The third-order valence-electron chi connectivity index (χ3n) is 4.82. The molecule has 0 aromatic heterocycles. The number of carbonyl (C=O) groups is 1. The van der Waals surface area contributed by atoms with Gasteiger partial charge in [-0.05, 0) is 31.6 Å². The first-order valence-corrected chi connectivity index (χ1v) is 9.26. The van der Waals surface area contributed by atoms with Crippen LogP contribution in [0, 0.1) is 5.92 Å². The van der Waals surface area contributed by atoms with E-state index in [-0.39, 0.29) is 18.4 Å². The number of rotatable bonds is 5. The summed E-state index contributed by atoms with van der Waals surface area (Å²) in [5.74, 6) is -0.690. The Morgan fingerprint density at radius 3 is 2.24 bits per heavy atom. The Labute approximate surface area is 127 Å². The number of carboxylic acid groups (broad SMARTS) is 1. The molecule has 1 saturated carbocycles. The molecular formula is C14H26N2O4S. The van der Waals surface area contributed by atoms with Crippen molar-refractivity contribution in [1.82, 2.24) is 8.61 Å². The molecule has 6 nitrogen and oxygen atoms in total. The quantitative estimate of drug-likeness (QED) is 0.836. The van der Waals surface area contributed by atoms with E-state index >= 15 is 0 Å². The van der Waals surface area contributed by atoms with Gasteiger partial charge in [0.05, 0.1) is 0 Å². The molecule has 0 spiro atoms. The van der Waals surface area contributed by atoms with Gasteiger partial charge in [0.25, 0.3) is 10.2 Å². The van der Waals surface area contributed by atoms with E-state index in [0.717, 1.165) is 25.7 Å². The molecule has 21 heavy (non-hydrogen) atoms. The maximum Gasteiger partial charge on any atom is 0.303 e. The molecule has 1 N–H and O–H groups in total. The molecule has 122 valence electrons. The van der Waals surface area contributed by atoms with Gasteiger partial charge in [-0.15, -0.1) is 0 Å². The van der Waals surface area contributed by atoms with Gasteiger partial charge in [0.2, 0.25) is 0 Å². The Morgan fingerprint density at radius 1 is 1.14 bits per heavy atom. The van der Waals surface area contributed by atoms with Crippen LogP contribution in [0.1, 0.15) is 51.4 Å². The van der Waals surface area contributed by atoms with Gasteiger partial charge in [0, 0.05) is 32.6 Å². The highest BCUT2D eigenvalue weighted by atomic mass is 32.2. The summed E-state index contributed by atoms with van der Waals surface area (Å²) in [6.45, 7) is 0.884. The van der Waals surface area contributed by atoms with Gasteiger partial charge in [-0.1, -0.05) is 19.3 Å². The molecule has 0 bridgehead atoms. The summed E-state index contributed by atoms with van der Waals surface area (Å²) >= 11 is 0. The highest BCUT2D eigenvalue weighted by Crippen LogP contribution is 2.27. The molecule has 1 saturated heterocycles. The number of hydrogen-bond donors (Lipinski definition) is 1. The van der Waals surface area contributed by atoms with Gasteiger partial charge >= 0.3 is 5.97 Å². The van der Waals surface area contributed by atoms with Crippen molar-refractivity contribution in [3.63, 3.8) is 0 Å². The fraction of sp³-hybridized carbons (Fsp3) is 0.929. The summed E-state index contributed by atoms with van der Waals surface area (Å²) < 4.78 is 28.4. The van der Waals surface area contributed by atoms with Crippen LogP contribution in [0.15, 0.2) is 0 Å². The predicted molar refractivity (Wildman–Crippen MR) is 80.1 cm³/mol. The largest absolute Gasteiger partial charge is 0.481 e. The lowest BCUT2D eigenvalue weighted by Gasteiger charge is -2.37. The van der Waals surface area contributed by atoms with Crippen molar-refractivity contribution in [2.75, 3.05) is 20.1 Å². The van der Waals surface area contributed by atoms with E-state index in [2.05, 4.69) is 0 Å². The van der Waals surface area contributed by atoms with E-state index in [9.17, 15) is 13.2 Å². The van der Waals surface area contributed by atoms with Gasteiger partial charge in [0.15, 0.2) is 0 Å². The van der Waals surface area contributed by atoms with Crippen LogP contribution in [-0.2, 0) is 15.0 Å². The van der Waals surface area contributed by atoms with Crippen LogP contribution in [0.5, 0.6) is 0 Å². The minimum Gasteiger partial charge on any atom is -0.481 e. The van der Waals surface area contributed by atoms with Crippen molar-refractivity contribution >= 4 is 16.2 Å². The molecular weight excluding hydrogens is 292 g/mol. The Morgan fingerprint density at radius 2 is 1.71 bits per heavy atom. The van der Waals surface area contributed by atoms with Gasteiger partial charge in [-0.2, -0.15) is 17.0 Å². The van der Waals surface area contributed by atoms with Crippen LogP contribution in [-0.4, -0.2) is 54.3 Å². The first kappa shape index (κ1) is 16.7. The van der Waals surface area contributed by atoms with Crippen LogP contribution in [0.2, 0.25) is 0 Å². The van der Waals surface area contributed by atoms with Gasteiger partial charge in [-0.25, -0.2) is 0 Å². The average molecular weight is 318 g/mol. The van der Waals surface area contributed by atoms with Crippen LogP contribution in [0.25, 0.3) is 0 Å². The number of hydrogen-bond acceptors (Lipinski definition) is 3. The second-order valence-corrected chi connectivity index (χ2v) is 8.24. The molecule has 1 aliphatic heterocycles. The first-order chi connectivity index (χ1) is 9.91. The molecule has 0 radical (unpaired) electrons. The van der Waals surface area contributed by atoms with Crippen LogP contribution in [0.4, 0.5) is 0 Å². The second-order valence-electron chi connectivity index (χ2n) is 6.26. The lowest BCUT2D eigenvalue weighted by molar-refractivity contribution is -0.138. The van der Waals surface area contributed by atoms with E-state index in [1.165, 1.54) is 10.7 Å². The molecule has 2 fully saturated rings. The highest BCUT2D eigenvalue weighted by Gasteiger charge is 2.35. The van der Waals surface area contributed by atoms with Crippen molar-refractivity contribution < 1.29 is 18.3 Å². The van der Waals surface area contributed by atoms with Crippen LogP contribution >= 0.6 is 0 Å². The fourth-order valence-electron chi connectivity index (χ4n) is 3.41. The van der Waals surface area contributed by atoms with Gasteiger partial charge < -0.3 is 5.11 Å². The Bertz CT molecular complexity index is 452. The lowest BCUT2D eigenvalue weighted by atomic mass is 9.95. The smallest absolute Gasteiger partial charge is 0.303 e. The molecule has 0 atom stereocenters. The molecule has 7 heteroatoms. The average Bonchev–Trinajstić information content (AvgIpc) is 2.47. The summed E-state index contributed by atoms with van der Waals surface area (Å²) in [5.41, 5.74) is 0. The Balaban J connectivity index is 1.92. The summed E-state index contributed by atoms with van der Waals surface area (Å²) in [6.07, 6.45) is 6.73. The molecule has 0 unspecified atom stereocenters. The Kier molecular flexibility index (Phi) is 5.62. The van der Waals surface area contributed by atoms with E-state index in [0.29, 0.717) is 25.9 Å². The summed E-state index contributed by atoms with van der Waals surface area (Å²) in [7, 11) is -1.71. The number of nitrogens with zero attached hydrogens (tertiary/aromatic N) is 2. The van der Waals surface area contributed by atoms with Crippen molar-refractivity contribution in [2.45, 2.75) is 57.4 Å². The highest BCUT2D eigenvalue weighted by molar-refractivity contribution is 7.86. The van der Waals surface area contributed by atoms with Crippen molar-refractivity contribution in [1.29, 1.82) is 0 Å². The monoisotopic (exact) mass is 318 g/mol. The molecule has 1 heterocycles. The molecule has 0 amide bonds. The van der Waals surface area contributed by atoms with Crippen molar-refractivity contribution in [2.24, 2.45) is 5.92 Å². The minimum atomic E-state index is -3.39. The maximum absolute atomic E-state index is 12.6. The molecule has 2 rings (SSSR count). The second kappa shape index (κ2) is 7.07. The van der Waals surface area contributed by atoms with E-state index in [4.69, 9.17) is 5.11 Å². The Hall–Kier alpha value is -0.660. The van der Waals surface area contributed by atoms with E-state index < -0.39 is 16.2 Å². The normalized spacial score (nSPS) is 23.5. The minimum absolute atomic E-state index is 0.105. The lowest BCUT2D eigenvalue weighted by Crippen LogP contribution is -2.49.